The van der Waals surface area contributed by atoms with E-state index in [0.717, 1.165) is 24.1 Å². The summed E-state index contributed by atoms with van der Waals surface area (Å²) in [6.45, 7) is 1.64. The van der Waals surface area contributed by atoms with Gasteiger partial charge >= 0.3 is 0 Å². The van der Waals surface area contributed by atoms with Gasteiger partial charge in [-0.2, -0.15) is 0 Å². The van der Waals surface area contributed by atoms with Gasteiger partial charge in [-0.15, -0.1) is 0 Å². The van der Waals surface area contributed by atoms with Crippen LogP contribution < -0.4 is 5.73 Å². The number of carbonyl (C=O) groups is 1. The molecule has 0 aliphatic carbocycles. The van der Waals surface area contributed by atoms with Gasteiger partial charge in [0.05, 0.1) is 0 Å². The number of carbonyl (C=O) groups excluding carboxylic acids is 1. The van der Waals surface area contributed by atoms with Crippen molar-refractivity contribution < 1.29 is 9.18 Å². The van der Waals surface area contributed by atoms with Crippen molar-refractivity contribution in [3.63, 3.8) is 0 Å². The monoisotopic (exact) mass is 222 g/mol. The van der Waals surface area contributed by atoms with Crippen LogP contribution in [-0.2, 0) is 17.9 Å². The molecule has 0 radical (unpaired) electrons. The lowest BCUT2D eigenvalue weighted by molar-refractivity contribution is -0.128. The number of hydrogen-bond acceptors (Lipinski definition) is 2. The molecule has 2 N–H and O–H groups in total. The minimum atomic E-state index is -0.281. The highest BCUT2D eigenvalue weighted by Crippen LogP contribution is 2.17. The van der Waals surface area contributed by atoms with Gasteiger partial charge in [-0.25, -0.2) is 4.39 Å². The van der Waals surface area contributed by atoms with E-state index in [4.69, 9.17) is 5.73 Å². The van der Waals surface area contributed by atoms with Crippen molar-refractivity contribution in [2.45, 2.75) is 25.9 Å². The second-order valence-electron chi connectivity index (χ2n) is 4.04. The molecule has 0 spiro atoms. The molecule has 1 fully saturated rings. The van der Waals surface area contributed by atoms with Crippen LogP contribution in [0.15, 0.2) is 18.2 Å². The second kappa shape index (κ2) is 4.61. The van der Waals surface area contributed by atoms with E-state index in [1.165, 1.54) is 12.1 Å². The molecule has 86 valence electrons. The molecule has 2 rings (SSSR count). The van der Waals surface area contributed by atoms with E-state index in [-0.39, 0.29) is 11.7 Å². The Morgan fingerprint density at radius 3 is 2.81 bits per heavy atom. The van der Waals surface area contributed by atoms with E-state index in [0.29, 0.717) is 19.5 Å². The Bertz CT molecular complexity index is 406. The van der Waals surface area contributed by atoms with Gasteiger partial charge in [-0.3, -0.25) is 4.79 Å². The summed E-state index contributed by atoms with van der Waals surface area (Å²) in [5, 5.41) is 0. The average Bonchev–Trinajstić information content (AvgIpc) is 2.67. The van der Waals surface area contributed by atoms with Gasteiger partial charge in [-0.05, 0) is 29.7 Å². The molecule has 1 aliphatic rings. The zero-order valence-corrected chi connectivity index (χ0v) is 9.08. The highest BCUT2D eigenvalue weighted by Gasteiger charge is 2.20. The molecule has 1 aliphatic heterocycles. The fourth-order valence-electron chi connectivity index (χ4n) is 2.02. The molecule has 1 saturated heterocycles. The molecular weight excluding hydrogens is 207 g/mol. The molecule has 1 aromatic rings. The van der Waals surface area contributed by atoms with Crippen molar-refractivity contribution in [2.24, 2.45) is 5.73 Å². The normalized spacial score (nSPS) is 15.9. The third-order valence-corrected chi connectivity index (χ3v) is 2.92. The molecular formula is C12H15FN2O. The molecule has 1 heterocycles. The molecule has 1 aromatic carbocycles. The number of nitrogens with two attached hydrogens (primary N) is 1. The Labute approximate surface area is 94.0 Å². The molecule has 16 heavy (non-hydrogen) atoms. The van der Waals surface area contributed by atoms with Gasteiger partial charge in [0.15, 0.2) is 0 Å². The molecule has 0 unspecified atom stereocenters. The van der Waals surface area contributed by atoms with Crippen molar-refractivity contribution in [3.8, 4) is 0 Å². The lowest BCUT2D eigenvalue weighted by atomic mass is 10.1. The fraction of sp³-hybridized carbons (Fsp3) is 0.417. The zero-order chi connectivity index (χ0) is 11.5. The van der Waals surface area contributed by atoms with Gasteiger partial charge < -0.3 is 10.6 Å². The Hall–Kier alpha value is -1.42. The van der Waals surface area contributed by atoms with Gasteiger partial charge in [0.2, 0.25) is 5.91 Å². The number of hydrogen-bond donors (Lipinski definition) is 1. The quantitative estimate of drug-likeness (QED) is 0.840. The van der Waals surface area contributed by atoms with Crippen LogP contribution in [0.5, 0.6) is 0 Å². The predicted molar refractivity (Wildman–Crippen MR) is 58.9 cm³/mol. The van der Waals surface area contributed by atoms with E-state index < -0.39 is 0 Å². The first-order valence-corrected chi connectivity index (χ1v) is 5.46. The van der Waals surface area contributed by atoms with Crippen molar-refractivity contribution in [2.75, 3.05) is 6.54 Å². The summed E-state index contributed by atoms with van der Waals surface area (Å²) >= 11 is 0. The number of likely N-dealkylation sites (tertiary alicyclic amines) is 1. The number of benzene rings is 1. The number of amides is 1. The fourth-order valence-corrected chi connectivity index (χ4v) is 2.02. The minimum absolute atomic E-state index is 0.173. The highest BCUT2D eigenvalue weighted by atomic mass is 19.1. The van der Waals surface area contributed by atoms with Crippen LogP contribution in [-0.4, -0.2) is 17.4 Å². The van der Waals surface area contributed by atoms with Gasteiger partial charge in [0.25, 0.3) is 0 Å². The minimum Gasteiger partial charge on any atom is -0.338 e. The maximum absolute atomic E-state index is 13.0. The van der Waals surface area contributed by atoms with Crippen molar-refractivity contribution in [1.29, 1.82) is 0 Å². The zero-order valence-electron chi connectivity index (χ0n) is 9.08. The lowest BCUT2D eigenvalue weighted by Gasteiger charge is -2.17. The van der Waals surface area contributed by atoms with Crippen LogP contribution in [0.3, 0.4) is 0 Å². The van der Waals surface area contributed by atoms with E-state index in [1.807, 2.05) is 0 Å². The first-order valence-electron chi connectivity index (χ1n) is 5.46. The van der Waals surface area contributed by atoms with Crippen molar-refractivity contribution >= 4 is 5.91 Å². The molecule has 0 bridgehead atoms. The SMILES string of the molecule is NCc1cc(F)ccc1CN1CCCC1=O. The molecule has 0 aromatic heterocycles. The van der Waals surface area contributed by atoms with E-state index in [1.54, 1.807) is 11.0 Å². The van der Waals surface area contributed by atoms with Gasteiger partial charge in [0, 0.05) is 26.1 Å². The van der Waals surface area contributed by atoms with Crippen molar-refractivity contribution in [3.05, 3.63) is 35.1 Å². The Kier molecular flexibility index (Phi) is 3.19. The Morgan fingerprint density at radius 2 is 2.19 bits per heavy atom. The molecule has 3 nitrogen and oxygen atoms in total. The van der Waals surface area contributed by atoms with E-state index in [9.17, 15) is 9.18 Å². The molecule has 4 heteroatoms. The second-order valence-corrected chi connectivity index (χ2v) is 4.04. The maximum Gasteiger partial charge on any atom is 0.222 e. The smallest absolute Gasteiger partial charge is 0.222 e. The average molecular weight is 222 g/mol. The summed E-state index contributed by atoms with van der Waals surface area (Å²) in [4.78, 5) is 13.3. The van der Waals surface area contributed by atoms with Crippen LogP contribution in [0, 0.1) is 5.82 Å². The Balaban J connectivity index is 2.17. The summed E-state index contributed by atoms with van der Waals surface area (Å²) in [5.41, 5.74) is 7.28. The predicted octanol–water partition coefficient (Wildman–Crippen LogP) is 1.41. The Morgan fingerprint density at radius 1 is 1.38 bits per heavy atom. The van der Waals surface area contributed by atoms with E-state index in [2.05, 4.69) is 0 Å². The largest absolute Gasteiger partial charge is 0.338 e. The first-order chi connectivity index (χ1) is 7.70. The third-order valence-electron chi connectivity index (χ3n) is 2.92. The number of halogens is 1. The first kappa shape index (κ1) is 11.1. The van der Waals surface area contributed by atoms with Crippen molar-refractivity contribution in [1.82, 2.24) is 4.90 Å². The summed E-state index contributed by atoms with van der Waals surface area (Å²) in [5.74, 6) is -0.107. The molecule has 0 atom stereocenters. The van der Waals surface area contributed by atoms with Crippen LogP contribution in [0.2, 0.25) is 0 Å². The van der Waals surface area contributed by atoms with Crippen LogP contribution in [0.1, 0.15) is 24.0 Å². The lowest BCUT2D eigenvalue weighted by Crippen LogP contribution is -2.24. The maximum atomic E-state index is 13.0. The van der Waals surface area contributed by atoms with Crippen LogP contribution >= 0.6 is 0 Å². The summed E-state index contributed by atoms with van der Waals surface area (Å²) in [6.07, 6.45) is 1.54. The van der Waals surface area contributed by atoms with Crippen LogP contribution in [0.4, 0.5) is 4.39 Å². The molecule has 1 amide bonds. The standard InChI is InChI=1S/C12H15FN2O/c13-11-4-3-9(10(6-11)7-14)8-15-5-1-2-12(15)16/h3-4,6H,1-2,5,7-8,14H2. The van der Waals surface area contributed by atoms with Gasteiger partial charge in [-0.1, -0.05) is 6.07 Å². The number of rotatable bonds is 3. The summed E-state index contributed by atoms with van der Waals surface area (Å²) in [6, 6.07) is 4.56. The summed E-state index contributed by atoms with van der Waals surface area (Å²) < 4.78 is 13.0. The highest BCUT2D eigenvalue weighted by molar-refractivity contribution is 5.78. The van der Waals surface area contributed by atoms with E-state index >= 15 is 0 Å². The van der Waals surface area contributed by atoms with Gasteiger partial charge in [0.1, 0.15) is 5.82 Å². The summed E-state index contributed by atoms with van der Waals surface area (Å²) in [7, 11) is 0. The molecule has 0 saturated carbocycles. The van der Waals surface area contributed by atoms with Crippen LogP contribution in [0.25, 0.3) is 0 Å². The third kappa shape index (κ3) is 2.22. The topological polar surface area (TPSA) is 46.3 Å². The number of nitrogens with zero attached hydrogens (tertiary/aromatic N) is 1.